The molecule has 0 spiro atoms. The van der Waals surface area contributed by atoms with Crippen molar-refractivity contribution < 1.29 is 9.59 Å². The molecule has 0 radical (unpaired) electrons. The summed E-state index contributed by atoms with van der Waals surface area (Å²) in [7, 11) is 0. The fourth-order valence-electron chi connectivity index (χ4n) is 2.34. The van der Waals surface area contributed by atoms with Crippen LogP contribution in [0.4, 0.5) is 0 Å². The molecule has 0 fully saturated rings. The Morgan fingerprint density at radius 2 is 1.23 bits per heavy atom. The smallest absolute Gasteiger partial charge is 0.252 e. The summed E-state index contributed by atoms with van der Waals surface area (Å²) < 4.78 is 0. The number of hydrogen-bond donors (Lipinski definition) is 2. The number of hydrogen-bond acceptors (Lipinski definition) is 4. The third-order valence-electron chi connectivity index (χ3n) is 3.74. The molecule has 0 aromatic heterocycles. The van der Waals surface area contributed by atoms with Gasteiger partial charge < -0.3 is 10.6 Å². The Morgan fingerprint density at radius 3 is 1.54 bits per heavy atom. The largest absolute Gasteiger partial charge is 0.332 e. The first-order valence-electron chi connectivity index (χ1n) is 8.19. The molecule has 130 valence electrons. The van der Waals surface area contributed by atoms with Crippen molar-refractivity contribution in [3.63, 3.8) is 0 Å². The number of rotatable bonds is 6. The Balaban J connectivity index is 2.04. The van der Waals surface area contributed by atoms with Crippen LogP contribution in [0.1, 0.15) is 51.6 Å². The Bertz CT molecular complexity index is 787. The summed E-state index contributed by atoms with van der Waals surface area (Å²) in [6, 6.07) is 16.5. The first kappa shape index (κ1) is 18.7. The van der Waals surface area contributed by atoms with E-state index in [1.54, 1.807) is 48.5 Å². The van der Waals surface area contributed by atoms with Crippen LogP contribution in [0.5, 0.6) is 0 Å². The summed E-state index contributed by atoms with van der Waals surface area (Å²) in [6.45, 7) is 1.95. The average Bonchev–Trinajstić information content (AvgIpc) is 2.68. The van der Waals surface area contributed by atoms with Crippen molar-refractivity contribution in [2.75, 3.05) is 0 Å². The van der Waals surface area contributed by atoms with Crippen molar-refractivity contribution in [1.29, 1.82) is 10.5 Å². The van der Waals surface area contributed by atoms with E-state index in [4.69, 9.17) is 10.5 Å². The van der Waals surface area contributed by atoms with Crippen molar-refractivity contribution in [2.45, 2.75) is 25.9 Å². The van der Waals surface area contributed by atoms with Gasteiger partial charge in [-0.15, -0.1) is 0 Å². The van der Waals surface area contributed by atoms with Gasteiger partial charge in [0, 0.05) is 11.1 Å². The van der Waals surface area contributed by atoms with Crippen molar-refractivity contribution in [2.24, 2.45) is 0 Å². The summed E-state index contributed by atoms with van der Waals surface area (Å²) in [4.78, 5) is 24.7. The van der Waals surface area contributed by atoms with E-state index in [2.05, 4.69) is 10.6 Å². The lowest BCUT2D eigenvalue weighted by Gasteiger charge is -2.20. The molecule has 0 bridgehead atoms. The molecule has 0 unspecified atom stereocenters. The van der Waals surface area contributed by atoms with Crippen LogP contribution >= 0.6 is 0 Å². The summed E-state index contributed by atoms with van der Waals surface area (Å²) in [5.41, 5.74) is 1.78. The minimum absolute atomic E-state index is 0.326. The van der Waals surface area contributed by atoms with Crippen LogP contribution in [0.15, 0.2) is 48.5 Å². The van der Waals surface area contributed by atoms with Gasteiger partial charge in [0.2, 0.25) is 0 Å². The van der Waals surface area contributed by atoms with E-state index in [9.17, 15) is 9.59 Å². The van der Waals surface area contributed by atoms with Gasteiger partial charge in [-0.25, -0.2) is 0 Å². The molecule has 2 aromatic rings. The monoisotopic (exact) mass is 346 g/mol. The van der Waals surface area contributed by atoms with Crippen LogP contribution in [0.3, 0.4) is 0 Å². The highest BCUT2D eigenvalue weighted by atomic mass is 16.2. The minimum atomic E-state index is -0.522. The molecule has 2 N–H and O–H groups in total. The highest BCUT2D eigenvalue weighted by molar-refractivity contribution is 5.96. The van der Waals surface area contributed by atoms with Crippen LogP contribution < -0.4 is 10.6 Å². The van der Waals surface area contributed by atoms with Crippen molar-refractivity contribution in [1.82, 2.24) is 10.6 Å². The number of amides is 2. The maximum absolute atomic E-state index is 12.3. The quantitative estimate of drug-likeness (QED) is 0.784. The van der Waals surface area contributed by atoms with Gasteiger partial charge in [-0.1, -0.05) is 13.3 Å². The van der Waals surface area contributed by atoms with Gasteiger partial charge in [0.1, 0.15) is 6.17 Å². The van der Waals surface area contributed by atoms with Gasteiger partial charge >= 0.3 is 0 Å². The lowest BCUT2D eigenvalue weighted by Crippen LogP contribution is -2.47. The number of nitriles is 2. The van der Waals surface area contributed by atoms with E-state index in [1.165, 1.54) is 0 Å². The molecule has 0 aliphatic rings. The van der Waals surface area contributed by atoms with Crippen LogP contribution in [0, 0.1) is 22.7 Å². The molecule has 6 nitrogen and oxygen atoms in total. The zero-order valence-corrected chi connectivity index (χ0v) is 14.3. The second-order valence-electron chi connectivity index (χ2n) is 5.67. The molecule has 0 aliphatic heterocycles. The molecule has 0 heterocycles. The Labute approximate surface area is 152 Å². The van der Waals surface area contributed by atoms with Gasteiger partial charge in [0.05, 0.1) is 23.3 Å². The fraction of sp³-hybridized carbons (Fsp3) is 0.200. The number of nitrogens with zero attached hydrogens (tertiary/aromatic N) is 2. The molecule has 0 atom stereocenters. The number of nitrogens with one attached hydrogen (secondary N) is 2. The van der Waals surface area contributed by atoms with Crippen LogP contribution in [0.2, 0.25) is 0 Å². The minimum Gasteiger partial charge on any atom is -0.332 e. The van der Waals surface area contributed by atoms with Gasteiger partial charge in [-0.05, 0) is 55.0 Å². The van der Waals surface area contributed by atoms with E-state index in [0.29, 0.717) is 28.7 Å². The molecule has 0 saturated carbocycles. The molecule has 2 amide bonds. The second kappa shape index (κ2) is 9.00. The van der Waals surface area contributed by atoms with Crippen LogP contribution in [0.25, 0.3) is 0 Å². The van der Waals surface area contributed by atoms with E-state index >= 15 is 0 Å². The van der Waals surface area contributed by atoms with Crippen molar-refractivity contribution in [3.05, 3.63) is 70.8 Å². The first-order valence-corrected chi connectivity index (χ1v) is 8.19. The summed E-state index contributed by atoms with van der Waals surface area (Å²) >= 11 is 0. The average molecular weight is 346 g/mol. The van der Waals surface area contributed by atoms with E-state index in [0.717, 1.165) is 6.42 Å². The molecule has 26 heavy (non-hydrogen) atoms. The summed E-state index contributed by atoms with van der Waals surface area (Å²) in [5, 5.41) is 23.2. The maximum Gasteiger partial charge on any atom is 0.252 e. The van der Waals surface area contributed by atoms with Crippen molar-refractivity contribution >= 4 is 11.8 Å². The third kappa shape index (κ3) is 4.93. The summed E-state index contributed by atoms with van der Waals surface area (Å²) in [6.07, 6.45) is 0.821. The highest BCUT2D eigenvalue weighted by Crippen LogP contribution is 2.06. The number of carbonyl (C=O) groups excluding carboxylic acids is 2. The van der Waals surface area contributed by atoms with Crippen LogP contribution in [-0.4, -0.2) is 18.0 Å². The van der Waals surface area contributed by atoms with E-state index in [-0.39, 0.29) is 11.8 Å². The molecule has 6 heteroatoms. The zero-order valence-electron chi connectivity index (χ0n) is 14.3. The number of carbonyl (C=O) groups is 2. The molecular formula is C20H18N4O2. The first-order chi connectivity index (χ1) is 12.6. The lowest BCUT2D eigenvalue weighted by molar-refractivity contribution is 0.0880. The van der Waals surface area contributed by atoms with Gasteiger partial charge in [0.15, 0.2) is 0 Å². The second-order valence-corrected chi connectivity index (χ2v) is 5.67. The SMILES string of the molecule is CCCC(NC(=O)c1ccc(C#N)cc1)NC(=O)c1ccc(C#N)cc1. The number of benzene rings is 2. The third-order valence-corrected chi connectivity index (χ3v) is 3.74. The van der Waals surface area contributed by atoms with Gasteiger partial charge in [-0.3, -0.25) is 9.59 Å². The zero-order chi connectivity index (χ0) is 18.9. The Morgan fingerprint density at radius 1 is 0.846 bits per heavy atom. The van der Waals surface area contributed by atoms with Crippen LogP contribution in [-0.2, 0) is 0 Å². The lowest BCUT2D eigenvalue weighted by atomic mass is 10.1. The molecule has 2 aromatic carbocycles. The molecule has 2 rings (SSSR count). The van der Waals surface area contributed by atoms with E-state index < -0.39 is 6.17 Å². The molecular weight excluding hydrogens is 328 g/mol. The Kier molecular flexibility index (Phi) is 6.47. The molecule has 0 saturated heterocycles. The molecule has 0 aliphatic carbocycles. The predicted molar refractivity (Wildman–Crippen MR) is 95.9 cm³/mol. The maximum atomic E-state index is 12.3. The topological polar surface area (TPSA) is 106 Å². The fourth-order valence-corrected chi connectivity index (χ4v) is 2.34. The van der Waals surface area contributed by atoms with Crippen molar-refractivity contribution in [3.8, 4) is 12.1 Å². The van der Waals surface area contributed by atoms with Gasteiger partial charge in [-0.2, -0.15) is 10.5 Å². The van der Waals surface area contributed by atoms with Gasteiger partial charge in [0.25, 0.3) is 11.8 Å². The standard InChI is InChI=1S/C20H18N4O2/c1-2-3-18(23-19(25)16-8-4-14(12-21)5-9-16)24-20(26)17-10-6-15(13-22)7-11-17/h4-11,18H,2-3H2,1H3,(H,23,25)(H,24,26). The van der Waals surface area contributed by atoms with E-state index in [1.807, 2.05) is 19.1 Å². The normalized spacial score (nSPS) is 9.85. The Hall–Kier alpha value is -3.64. The highest BCUT2D eigenvalue weighted by Gasteiger charge is 2.16. The summed E-state index contributed by atoms with van der Waals surface area (Å²) in [5.74, 6) is -0.652. The predicted octanol–water partition coefficient (Wildman–Crippen LogP) is 2.72.